The molecule has 0 fully saturated rings. The first-order chi connectivity index (χ1) is 10.1. The molecule has 0 aliphatic carbocycles. The van der Waals surface area contributed by atoms with Crippen LogP contribution in [0.3, 0.4) is 0 Å². The van der Waals surface area contributed by atoms with Crippen molar-refractivity contribution in [2.45, 2.75) is 6.61 Å². The second kappa shape index (κ2) is 7.54. The normalized spacial score (nSPS) is 11.0. The topological polar surface area (TPSA) is 35.5 Å². The number of carbonyl (C=O) groups is 1. The number of allylic oxidation sites excluding steroid dienone is 1. The molecule has 0 spiro atoms. The van der Waals surface area contributed by atoms with Crippen molar-refractivity contribution in [1.29, 1.82) is 0 Å². The van der Waals surface area contributed by atoms with Gasteiger partial charge in [-0.3, -0.25) is 4.79 Å². The van der Waals surface area contributed by atoms with E-state index in [0.717, 1.165) is 20.0 Å². The Labute approximate surface area is 136 Å². The summed E-state index contributed by atoms with van der Waals surface area (Å²) < 4.78 is 11.4. The van der Waals surface area contributed by atoms with Crippen LogP contribution in [-0.2, 0) is 11.3 Å². The average molecular weight is 367 g/mol. The molecular weight excluding hydrogens is 352 g/mol. The van der Waals surface area contributed by atoms with Gasteiger partial charge in [0, 0.05) is 23.1 Å². The van der Waals surface area contributed by atoms with Gasteiger partial charge in [-0.15, -0.1) is 11.3 Å². The van der Waals surface area contributed by atoms with E-state index >= 15 is 0 Å². The lowest BCUT2D eigenvalue weighted by atomic mass is 10.1. The number of hydrogen-bond acceptors (Lipinski definition) is 4. The van der Waals surface area contributed by atoms with Gasteiger partial charge in [0.2, 0.25) is 0 Å². The summed E-state index contributed by atoms with van der Waals surface area (Å²) in [4.78, 5) is 13.2. The van der Waals surface area contributed by atoms with Crippen LogP contribution >= 0.6 is 27.3 Å². The third kappa shape index (κ3) is 4.27. The van der Waals surface area contributed by atoms with Gasteiger partial charge in [-0.1, -0.05) is 0 Å². The summed E-state index contributed by atoms with van der Waals surface area (Å²) in [6.07, 6.45) is 3.40. The summed E-state index contributed by atoms with van der Waals surface area (Å²) >= 11 is 4.98. The molecule has 2 rings (SSSR count). The van der Waals surface area contributed by atoms with E-state index in [2.05, 4.69) is 15.9 Å². The highest BCUT2D eigenvalue weighted by Crippen LogP contribution is 2.24. The predicted octanol–water partition coefficient (Wildman–Crippen LogP) is 4.56. The van der Waals surface area contributed by atoms with Gasteiger partial charge in [0.1, 0.15) is 5.75 Å². The molecule has 5 heteroatoms. The van der Waals surface area contributed by atoms with Crippen LogP contribution in [0.25, 0.3) is 6.08 Å². The van der Waals surface area contributed by atoms with E-state index in [4.69, 9.17) is 9.47 Å². The van der Waals surface area contributed by atoms with Crippen LogP contribution in [0.4, 0.5) is 0 Å². The Balaban J connectivity index is 2.18. The van der Waals surface area contributed by atoms with Gasteiger partial charge in [-0.2, -0.15) is 0 Å². The molecule has 0 amide bonds. The Hall–Kier alpha value is -1.43. The highest BCUT2D eigenvalue weighted by atomic mass is 79.9. The van der Waals surface area contributed by atoms with E-state index in [1.807, 2.05) is 18.2 Å². The third-order valence-electron chi connectivity index (χ3n) is 2.86. The van der Waals surface area contributed by atoms with Gasteiger partial charge in [-0.05, 0) is 58.4 Å². The van der Waals surface area contributed by atoms with Gasteiger partial charge in [0.25, 0.3) is 0 Å². The van der Waals surface area contributed by atoms with E-state index in [1.54, 1.807) is 49.8 Å². The molecule has 1 aromatic heterocycles. The highest BCUT2D eigenvalue weighted by Gasteiger charge is 2.08. The smallest absolute Gasteiger partial charge is 0.185 e. The number of thiophene rings is 1. The van der Waals surface area contributed by atoms with Gasteiger partial charge < -0.3 is 9.47 Å². The van der Waals surface area contributed by atoms with Gasteiger partial charge in [0.15, 0.2) is 5.78 Å². The summed E-state index contributed by atoms with van der Waals surface area (Å²) in [5.41, 5.74) is 1.48. The molecule has 0 aliphatic rings. The lowest BCUT2D eigenvalue weighted by molar-refractivity contribution is 0.104. The van der Waals surface area contributed by atoms with E-state index in [0.29, 0.717) is 12.2 Å². The minimum Gasteiger partial charge on any atom is -0.496 e. The van der Waals surface area contributed by atoms with Crippen molar-refractivity contribution in [3.63, 3.8) is 0 Å². The Bertz CT molecular complexity index is 661. The van der Waals surface area contributed by atoms with Crippen LogP contribution in [0.15, 0.2) is 40.2 Å². The quantitative estimate of drug-likeness (QED) is 0.555. The molecule has 3 nitrogen and oxygen atoms in total. The molecule has 0 aliphatic heterocycles. The molecule has 0 radical (unpaired) electrons. The molecule has 0 N–H and O–H groups in total. The minimum absolute atomic E-state index is 0.0421. The fraction of sp³-hybridized carbons (Fsp3) is 0.188. The van der Waals surface area contributed by atoms with Crippen molar-refractivity contribution in [2.75, 3.05) is 14.2 Å². The van der Waals surface area contributed by atoms with Gasteiger partial charge in [0.05, 0.1) is 17.5 Å². The summed E-state index contributed by atoms with van der Waals surface area (Å²) in [5, 5.41) is 0. The third-order valence-corrected chi connectivity index (χ3v) is 4.45. The zero-order valence-electron chi connectivity index (χ0n) is 11.8. The maximum atomic E-state index is 12.2. The van der Waals surface area contributed by atoms with Crippen LogP contribution in [0.5, 0.6) is 5.75 Å². The molecular formula is C16H15BrO3S. The van der Waals surface area contributed by atoms with Crippen LogP contribution in [-0.4, -0.2) is 20.0 Å². The van der Waals surface area contributed by atoms with Crippen molar-refractivity contribution < 1.29 is 14.3 Å². The second-order valence-electron chi connectivity index (χ2n) is 4.30. The zero-order valence-corrected chi connectivity index (χ0v) is 14.2. The Morgan fingerprint density at radius 1 is 1.29 bits per heavy atom. The Morgan fingerprint density at radius 2 is 2.10 bits per heavy atom. The number of hydrogen-bond donors (Lipinski definition) is 0. The van der Waals surface area contributed by atoms with Crippen LogP contribution in [0, 0.1) is 0 Å². The Morgan fingerprint density at radius 3 is 2.71 bits per heavy atom. The molecule has 2 aromatic rings. The monoisotopic (exact) mass is 366 g/mol. The van der Waals surface area contributed by atoms with Crippen molar-refractivity contribution in [2.24, 2.45) is 0 Å². The number of carbonyl (C=O) groups excluding carboxylic acids is 1. The number of methoxy groups -OCH3 is 2. The fourth-order valence-electron chi connectivity index (χ4n) is 1.87. The van der Waals surface area contributed by atoms with Crippen LogP contribution < -0.4 is 4.74 Å². The zero-order chi connectivity index (χ0) is 15.2. The lowest BCUT2D eigenvalue weighted by Gasteiger charge is -2.08. The van der Waals surface area contributed by atoms with Gasteiger partial charge in [-0.25, -0.2) is 0 Å². The molecule has 21 heavy (non-hydrogen) atoms. The van der Waals surface area contributed by atoms with E-state index < -0.39 is 0 Å². The number of rotatable bonds is 6. The SMILES string of the molecule is COCc1cc(C(=O)/C=C/c2ccc(Br)s2)ccc1OC. The Kier molecular flexibility index (Phi) is 5.73. The van der Waals surface area contributed by atoms with Crippen LogP contribution in [0.2, 0.25) is 0 Å². The number of ether oxygens (including phenoxy) is 2. The lowest BCUT2D eigenvalue weighted by Crippen LogP contribution is -1.99. The molecule has 110 valence electrons. The van der Waals surface area contributed by atoms with E-state index in [-0.39, 0.29) is 5.78 Å². The van der Waals surface area contributed by atoms with Crippen molar-refractivity contribution >= 4 is 39.1 Å². The maximum absolute atomic E-state index is 12.2. The number of ketones is 1. The number of halogens is 1. The summed E-state index contributed by atoms with van der Waals surface area (Å²) in [6, 6.07) is 9.27. The van der Waals surface area contributed by atoms with E-state index in [1.165, 1.54) is 0 Å². The molecule has 0 bridgehead atoms. The summed E-state index contributed by atoms with van der Waals surface area (Å²) in [5.74, 6) is 0.680. The fourth-order valence-corrected chi connectivity index (χ4v) is 3.20. The predicted molar refractivity (Wildman–Crippen MR) is 89.1 cm³/mol. The first kappa shape index (κ1) is 15.9. The summed E-state index contributed by atoms with van der Waals surface area (Å²) in [7, 11) is 3.22. The first-order valence-corrected chi connectivity index (χ1v) is 7.88. The van der Waals surface area contributed by atoms with Crippen molar-refractivity contribution in [3.8, 4) is 5.75 Å². The minimum atomic E-state index is -0.0421. The van der Waals surface area contributed by atoms with Crippen molar-refractivity contribution in [1.82, 2.24) is 0 Å². The maximum Gasteiger partial charge on any atom is 0.185 e. The largest absolute Gasteiger partial charge is 0.496 e. The van der Waals surface area contributed by atoms with Crippen molar-refractivity contribution in [3.05, 3.63) is 56.2 Å². The first-order valence-electron chi connectivity index (χ1n) is 6.27. The second-order valence-corrected chi connectivity index (χ2v) is 6.79. The molecule has 0 atom stereocenters. The molecule has 0 saturated carbocycles. The molecule has 1 aromatic carbocycles. The van der Waals surface area contributed by atoms with Gasteiger partial charge >= 0.3 is 0 Å². The average Bonchev–Trinajstić information content (AvgIpc) is 2.90. The standard InChI is InChI=1S/C16H15BrO3S/c1-19-10-12-9-11(3-7-15(12)20-2)14(18)6-4-13-5-8-16(17)21-13/h3-9H,10H2,1-2H3/b6-4+. The number of benzene rings is 1. The van der Waals surface area contributed by atoms with Crippen LogP contribution in [0.1, 0.15) is 20.8 Å². The molecule has 0 unspecified atom stereocenters. The molecule has 0 saturated heterocycles. The molecule has 1 heterocycles. The highest BCUT2D eigenvalue weighted by molar-refractivity contribution is 9.11. The summed E-state index contributed by atoms with van der Waals surface area (Å²) in [6.45, 7) is 0.409. The van der Waals surface area contributed by atoms with E-state index in [9.17, 15) is 4.79 Å².